The van der Waals surface area contributed by atoms with Gasteiger partial charge in [0.25, 0.3) is 0 Å². The first-order valence-corrected chi connectivity index (χ1v) is 6.24. The fourth-order valence-corrected chi connectivity index (χ4v) is 2.60. The molecular formula is C13H26O2. The maximum Gasteiger partial charge on any atom is 0.0883 e. The van der Waals surface area contributed by atoms with Gasteiger partial charge in [0.2, 0.25) is 0 Å². The van der Waals surface area contributed by atoms with Crippen molar-refractivity contribution in [1.82, 2.24) is 0 Å². The molecule has 0 aromatic carbocycles. The first kappa shape index (κ1) is 13.0. The van der Waals surface area contributed by atoms with Crippen LogP contribution in [0.25, 0.3) is 0 Å². The highest BCUT2D eigenvalue weighted by molar-refractivity contribution is 4.87. The molecule has 0 saturated heterocycles. The van der Waals surface area contributed by atoms with Gasteiger partial charge in [-0.2, -0.15) is 0 Å². The van der Waals surface area contributed by atoms with Gasteiger partial charge in [-0.15, -0.1) is 0 Å². The van der Waals surface area contributed by atoms with Gasteiger partial charge in [-0.05, 0) is 38.5 Å². The van der Waals surface area contributed by atoms with Crippen molar-refractivity contribution in [3.8, 4) is 0 Å². The Balaban J connectivity index is 2.46. The summed E-state index contributed by atoms with van der Waals surface area (Å²) >= 11 is 0. The summed E-state index contributed by atoms with van der Waals surface area (Å²) in [7, 11) is 1.68. The summed E-state index contributed by atoms with van der Waals surface area (Å²) in [6.45, 7) is 6.22. The molecule has 2 heteroatoms. The molecule has 1 atom stereocenters. The van der Waals surface area contributed by atoms with Crippen molar-refractivity contribution in [2.45, 2.75) is 64.6 Å². The third-order valence-corrected chi connectivity index (χ3v) is 4.15. The highest BCUT2D eigenvalue weighted by Gasteiger charge is 2.35. The lowest BCUT2D eigenvalue weighted by atomic mass is 9.75. The van der Waals surface area contributed by atoms with Crippen molar-refractivity contribution in [1.29, 1.82) is 0 Å². The van der Waals surface area contributed by atoms with E-state index < -0.39 is 5.60 Å². The third-order valence-electron chi connectivity index (χ3n) is 4.15. The minimum Gasteiger partial charge on any atom is -0.390 e. The lowest BCUT2D eigenvalue weighted by molar-refractivity contribution is -0.108. The minimum atomic E-state index is -0.399. The van der Waals surface area contributed by atoms with E-state index in [4.69, 9.17) is 4.74 Å². The largest absolute Gasteiger partial charge is 0.390 e. The number of aliphatic hydroxyl groups excluding tert-OH is 1. The summed E-state index contributed by atoms with van der Waals surface area (Å²) in [5, 5.41) is 10.2. The van der Waals surface area contributed by atoms with Crippen LogP contribution in [0.2, 0.25) is 0 Å². The molecule has 1 N–H and O–H groups in total. The van der Waals surface area contributed by atoms with Gasteiger partial charge < -0.3 is 9.84 Å². The predicted molar refractivity (Wildman–Crippen MR) is 62.8 cm³/mol. The second-order valence-electron chi connectivity index (χ2n) is 5.44. The highest BCUT2D eigenvalue weighted by atomic mass is 16.5. The summed E-state index contributed by atoms with van der Waals surface area (Å²) in [5.74, 6) is 1.32. The van der Waals surface area contributed by atoms with Crippen molar-refractivity contribution in [2.75, 3.05) is 7.11 Å². The first-order valence-electron chi connectivity index (χ1n) is 6.24. The molecule has 1 rings (SSSR count). The van der Waals surface area contributed by atoms with Gasteiger partial charge in [0.15, 0.2) is 0 Å². The van der Waals surface area contributed by atoms with E-state index in [0.717, 1.165) is 18.8 Å². The minimum absolute atomic E-state index is 0.319. The zero-order valence-corrected chi connectivity index (χ0v) is 10.6. The highest BCUT2D eigenvalue weighted by Crippen LogP contribution is 2.35. The molecule has 1 aliphatic rings. The molecule has 0 aliphatic heterocycles. The predicted octanol–water partition coefficient (Wildman–Crippen LogP) is 2.99. The Morgan fingerprint density at radius 1 is 1.27 bits per heavy atom. The number of ether oxygens (including phenoxy) is 1. The average molecular weight is 214 g/mol. The zero-order chi connectivity index (χ0) is 11.5. The average Bonchev–Trinajstić information content (AvgIpc) is 2.28. The second kappa shape index (κ2) is 5.31. The van der Waals surface area contributed by atoms with E-state index >= 15 is 0 Å². The molecule has 0 aromatic rings. The normalized spacial score (nSPS) is 30.2. The van der Waals surface area contributed by atoms with Crippen LogP contribution in [-0.4, -0.2) is 23.9 Å². The molecule has 0 radical (unpaired) electrons. The summed E-state index contributed by atoms with van der Waals surface area (Å²) in [5.41, 5.74) is -0.399. The quantitative estimate of drug-likeness (QED) is 0.779. The molecule has 0 aromatic heterocycles. The van der Waals surface area contributed by atoms with Crippen LogP contribution in [0, 0.1) is 11.8 Å². The Bertz CT molecular complexity index is 181. The fraction of sp³-hybridized carbons (Fsp3) is 1.00. The maximum atomic E-state index is 10.2. The summed E-state index contributed by atoms with van der Waals surface area (Å²) in [4.78, 5) is 0. The summed E-state index contributed by atoms with van der Waals surface area (Å²) < 4.78 is 5.36. The lowest BCUT2D eigenvalue weighted by Gasteiger charge is -2.38. The molecule has 1 unspecified atom stereocenters. The Morgan fingerprint density at radius 2 is 1.80 bits per heavy atom. The molecule has 15 heavy (non-hydrogen) atoms. The number of methoxy groups -OCH3 is 1. The molecule has 90 valence electrons. The van der Waals surface area contributed by atoms with Crippen molar-refractivity contribution in [3.63, 3.8) is 0 Å². The van der Waals surface area contributed by atoms with Crippen molar-refractivity contribution in [3.05, 3.63) is 0 Å². The molecule has 0 spiro atoms. The zero-order valence-electron chi connectivity index (χ0n) is 10.6. The van der Waals surface area contributed by atoms with Gasteiger partial charge in [0.1, 0.15) is 0 Å². The van der Waals surface area contributed by atoms with E-state index in [1.165, 1.54) is 19.3 Å². The first-order chi connectivity index (χ1) is 7.01. The monoisotopic (exact) mass is 214 g/mol. The molecule has 0 heterocycles. The van der Waals surface area contributed by atoms with Gasteiger partial charge in [-0.25, -0.2) is 0 Å². The van der Waals surface area contributed by atoms with Crippen LogP contribution in [0.1, 0.15) is 52.9 Å². The van der Waals surface area contributed by atoms with E-state index in [1.54, 1.807) is 7.11 Å². The third kappa shape index (κ3) is 3.18. The molecule has 0 bridgehead atoms. The van der Waals surface area contributed by atoms with E-state index in [1.807, 2.05) is 13.8 Å². The van der Waals surface area contributed by atoms with E-state index in [-0.39, 0.29) is 6.10 Å². The van der Waals surface area contributed by atoms with Crippen LogP contribution in [0.5, 0.6) is 0 Å². The standard InChI is InChI=1S/C13H26O2/c1-5-10-6-8-11(9-7-10)12(14)13(2,3)15-4/h10-12,14H,5-9H2,1-4H3. The number of hydrogen-bond acceptors (Lipinski definition) is 2. The van der Waals surface area contributed by atoms with Crippen molar-refractivity contribution < 1.29 is 9.84 Å². The number of rotatable bonds is 4. The smallest absolute Gasteiger partial charge is 0.0883 e. The van der Waals surface area contributed by atoms with Gasteiger partial charge in [-0.1, -0.05) is 26.2 Å². The van der Waals surface area contributed by atoms with Crippen LogP contribution in [0.4, 0.5) is 0 Å². The van der Waals surface area contributed by atoms with Crippen LogP contribution in [-0.2, 0) is 4.74 Å². The van der Waals surface area contributed by atoms with Crippen molar-refractivity contribution >= 4 is 0 Å². The van der Waals surface area contributed by atoms with Gasteiger partial charge in [0.05, 0.1) is 11.7 Å². The molecule has 1 fully saturated rings. The molecular weight excluding hydrogens is 188 g/mol. The molecule has 1 aliphatic carbocycles. The summed E-state index contributed by atoms with van der Waals surface area (Å²) in [6.07, 6.45) is 5.84. The summed E-state index contributed by atoms with van der Waals surface area (Å²) in [6, 6.07) is 0. The van der Waals surface area contributed by atoms with Gasteiger partial charge in [-0.3, -0.25) is 0 Å². The van der Waals surface area contributed by atoms with E-state index in [0.29, 0.717) is 5.92 Å². The fourth-order valence-electron chi connectivity index (χ4n) is 2.60. The lowest BCUT2D eigenvalue weighted by Crippen LogP contribution is -2.44. The van der Waals surface area contributed by atoms with E-state index in [2.05, 4.69) is 6.92 Å². The second-order valence-corrected chi connectivity index (χ2v) is 5.44. The Labute approximate surface area is 94.0 Å². The maximum absolute atomic E-state index is 10.2. The Kier molecular flexibility index (Phi) is 4.60. The molecule has 2 nitrogen and oxygen atoms in total. The topological polar surface area (TPSA) is 29.5 Å². The van der Waals surface area contributed by atoms with Crippen LogP contribution < -0.4 is 0 Å². The Hall–Kier alpha value is -0.0800. The number of aliphatic hydroxyl groups is 1. The molecule has 0 amide bonds. The van der Waals surface area contributed by atoms with Crippen molar-refractivity contribution in [2.24, 2.45) is 11.8 Å². The Morgan fingerprint density at radius 3 is 2.20 bits per heavy atom. The van der Waals surface area contributed by atoms with E-state index in [9.17, 15) is 5.11 Å². The SMILES string of the molecule is CCC1CCC(C(O)C(C)(C)OC)CC1. The van der Waals surface area contributed by atoms with Crippen LogP contribution in [0.3, 0.4) is 0 Å². The number of hydrogen-bond donors (Lipinski definition) is 1. The molecule has 1 saturated carbocycles. The van der Waals surface area contributed by atoms with Gasteiger partial charge in [0, 0.05) is 7.11 Å². The van der Waals surface area contributed by atoms with Gasteiger partial charge >= 0.3 is 0 Å². The van der Waals surface area contributed by atoms with Crippen LogP contribution >= 0.6 is 0 Å². The van der Waals surface area contributed by atoms with Crippen LogP contribution in [0.15, 0.2) is 0 Å².